The largest absolute Gasteiger partial charge is 0.490 e. The van der Waals surface area contributed by atoms with Crippen molar-refractivity contribution in [3.05, 3.63) is 63.7 Å². The van der Waals surface area contributed by atoms with Crippen LogP contribution in [0.1, 0.15) is 35.5 Å². The summed E-state index contributed by atoms with van der Waals surface area (Å²) in [7, 11) is 0. The molecule has 0 saturated heterocycles. The van der Waals surface area contributed by atoms with E-state index in [0.29, 0.717) is 6.61 Å². The smallest absolute Gasteiger partial charge is 0.296 e. The Hall–Kier alpha value is -4.26. The number of ether oxygens (including phenoxy) is 2. The lowest BCUT2D eigenvalue weighted by Gasteiger charge is -2.13. The van der Waals surface area contributed by atoms with E-state index in [-0.39, 0.29) is 52.3 Å². The predicted molar refractivity (Wildman–Crippen MR) is 111 cm³/mol. The standard InChI is InChI=1S/C21H20N4O6/c1-4-29-17-10-15(16(25(27)28)11-18(17)30-5-2)23-20(26)19-13(3)31-21(14(19)12-22)24-8-6-7-9-24/h6-11H,4-5H2,1-3H3,(H,23,26). The van der Waals surface area contributed by atoms with E-state index in [1.165, 1.54) is 12.1 Å². The first-order valence-electron chi connectivity index (χ1n) is 9.47. The third-order valence-corrected chi connectivity index (χ3v) is 4.35. The first kappa shape index (κ1) is 21.4. The number of anilines is 1. The number of hydrogen-bond acceptors (Lipinski definition) is 7. The molecule has 1 aromatic carbocycles. The normalized spacial score (nSPS) is 10.4. The lowest BCUT2D eigenvalue weighted by Crippen LogP contribution is -2.15. The molecule has 0 aliphatic rings. The van der Waals surface area contributed by atoms with Gasteiger partial charge >= 0.3 is 0 Å². The Morgan fingerprint density at radius 2 is 1.84 bits per heavy atom. The number of aromatic nitrogens is 1. The van der Waals surface area contributed by atoms with Crippen molar-refractivity contribution in [2.45, 2.75) is 20.8 Å². The number of carbonyl (C=O) groups is 1. The van der Waals surface area contributed by atoms with Crippen LogP contribution in [0, 0.1) is 28.4 Å². The quantitative estimate of drug-likeness (QED) is 0.423. The second kappa shape index (κ2) is 9.04. The Morgan fingerprint density at radius 1 is 1.23 bits per heavy atom. The van der Waals surface area contributed by atoms with E-state index in [2.05, 4.69) is 5.32 Å². The molecule has 3 aromatic rings. The van der Waals surface area contributed by atoms with Crippen molar-refractivity contribution in [1.29, 1.82) is 5.26 Å². The zero-order valence-electron chi connectivity index (χ0n) is 17.2. The van der Waals surface area contributed by atoms with Crippen LogP contribution in [0.25, 0.3) is 5.88 Å². The molecule has 0 unspecified atom stereocenters. The van der Waals surface area contributed by atoms with Gasteiger partial charge < -0.3 is 19.2 Å². The van der Waals surface area contributed by atoms with E-state index in [1.54, 1.807) is 49.9 Å². The summed E-state index contributed by atoms with van der Waals surface area (Å²) in [6.07, 6.45) is 3.35. The fourth-order valence-corrected chi connectivity index (χ4v) is 3.08. The molecule has 3 rings (SSSR count). The Labute approximate surface area is 177 Å². The summed E-state index contributed by atoms with van der Waals surface area (Å²) in [5, 5.41) is 23.7. The zero-order chi connectivity index (χ0) is 22.5. The third kappa shape index (κ3) is 4.20. The molecule has 160 valence electrons. The number of amides is 1. The molecule has 0 bridgehead atoms. The topological polar surface area (TPSA) is 133 Å². The van der Waals surface area contributed by atoms with Crippen LogP contribution in [0.15, 0.2) is 41.1 Å². The van der Waals surface area contributed by atoms with Gasteiger partial charge in [0.05, 0.1) is 24.2 Å². The highest BCUT2D eigenvalue weighted by Crippen LogP contribution is 2.38. The molecule has 31 heavy (non-hydrogen) atoms. The van der Waals surface area contributed by atoms with Gasteiger partial charge in [-0.25, -0.2) is 0 Å². The van der Waals surface area contributed by atoms with Gasteiger partial charge in [0, 0.05) is 18.5 Å². The average molecular weight is 424 g/mol. The third-order valence-electron chi connectivity index (χ3n) is 4.35. The number of benzene rings is 1. The van der Waals surface area contributed by atoms with Crippen LogP contribution in [-0.2, 0) is 0 Å². The van der Waals surface area contributed by atoms with Gasteiger partial charge in [0.15, 0.2) is 11.5 Å². The number of nitro benzene ring substituents is 1. The molecule has 2 heterocycles. The Kier molecular flexibility index (Phi) is 6.26. The van der Waals surface area contributed by atoms with Gasteiger partial charge in [-0.3, -0.25) is 19.5 Å². The van der Waals surface area contributed by atoms with Crippen LogP contribution in [0.3, 0.4) is 0 Å². The molecule has 0 saturated carbocycles. The molecular formula is C21H20N4O6. The fourth-order valence-electron chi connectivity index (χ4n) is 3.08. The summed E-state index contributed by atoms with van der Waals surface area (Å²) in [5.41, 5.74) is -0.448. The maximum atomic E-state index is 13.0. The zero-order valence-corrected chi connectivity index (χ0v) is 17.2. The first-order chi connectivity index (χ1) is 14.9. The summed E-state index contributed by atoms with van der Waals surface area (Å²) < 4.78 is 18.1. The summed E-state index contributed by atoms with van der Waals surface area (Å²) in [5.74, 6) is 0.123. The van der Waals surface area contributed by atoms with Gasteiger partial charge in [0.1, 0.15) is 28.6 Å². The van der Waals surface area contributed by atoms with E-state index in [0.717, 1.165) is 0 Å². The molecule has 2 aromatic heterocycles. The Morgan fingerprint density at radius 3 is 2.39 bits per heavy atom. The molecular weight excluding hydrogens is 404 g/mol. The van der Waals surface area contributed by atoms with E-state index < -0.39 is 10.8 Å². The second-order valence-electron chi connectivity index (χ2n) is 6.31. The molecule has 0 aliphatic carbocycles. The minimum atomic E-state index is -0.717. The maximum Gasteiger partial charge on any atom is 0.296 e. The van der Waals surface area contributed by atoms with Gasteiger partial charge in [0.25, 0.3) is 11.6 Å². The van der Waals surface area contributed by atoms with Crippen molar-refractivity contribution in [2.75, 3.05) is 18.5 Å². The van der Waals surface area contributed by atoms with Crippen molar-refractivity contribution >= 4 is 17.3 Å². The van der Waals surface area contributed by atoms with Crippen LogP contribution in [-0.4, -0.2) is 28.6 Å². The molecule has 0 fully saturated rings. The summed E-state index contributed by atoms with van der Waals surface area (Å²) in [6.45, 7) is 5.62. The van der Waals surface area contributed by atoms with Crippen molar-refractivity contribution in [1.82, 2.24) is 4.57 Å². The van der Waals surface area contributed by atoms with Crippen molar-refractivity contribution in [2.24, 2.45) is 0 Å². The fraction of sp³-hybridized carbons (Fsp3) is 0.238. The number of nitrogens with one attached hydrogen (secondary N) is 1. The average Bonchev–Trinajstić information content (AvgIpc) is 3.37. The molecule has 1 N–H and O–H groups in total. The molecule has 0 spiro atoms. The van der Waals surface area contributed by atoms with Gasteiger partial charge in [-0.15, -0.1) is 0 Å². The van der Waals surface area contributed by atoms with Crippen LogP contribution >= 0.6 is 0 Å². The number of hydrogen-bond donors (Lipinski definition) is 1. The minimum absolute atomic E-state index is 0.00709. The summed E-state index contributed by atoms with van der Waals surface area (Å²) in [4.78, 5) is 24.0. The Bertz CT molecular complexity index is 1160. The number of nitro groups is 1. The summed E-state index contributed by atoms with van der Waals surface area (Å²) in [6, 6.07) is 8.00. The minimum Gasteiger partial charge on any atom is -0.490 e. The van der Waals surface area contributed by atoms with Gasteiger partial charge in [-0.1, -0.05) is 0 Å². The van der Waals surface area contributed by atoms with Crippen molar-refractivity contribution in [3.8, 4) is 23.5 Å². The number of rotatable bonds is 8. The van der Waals surface area contributed by atoms with Crippen molar-refractivity contribution < 1.29 is 23.6 Å². The van der Waals surface area contributed by atoms with Crippen LogP contribution in [0.2, 0.25) is 0 Å². The lowest BCUT2D eigenvalue weighted by molar-refractivity contribution is -0.384. The Balaban J connectivity index is 2.05. The second-order valence-corrected chi connectivity index (χ2v) is 6.31. The van der Waals surface area contributed by atoms with E-state index in [4.69, 9.17) is 13.9 Å². The molecule has 10 heteroatoms. The number of nitriles is 1. The number of furan rings is 1. The molecule has 0 radical (unpaired) electrons. The van der Waals surface area contributed by atoms with Crippen molar-refractivity contribution in [3.63, 3.8) is 0 Å². The van der Waals surface area contributed by atoms with E-state index in [1.807, 2.05) is 6.07 Å². The highest BCUT2D eigenvalue weighted by molar-refractivity contribution is 6.08. The van der Waals surface area contributed by atoms with Gasteiger partial charge in [0.2, 0.25) is 5.88 Å². The number of aryl methyl sites for hydroxylation is 1. The van der Waals surface area contributed by atoms with Gasteiger partial charge in [-0.2, -0.15) is 5.26 Å². The molecule has 1 amide bonds. The van der Waals surface area contributed by atoms with Gasteiger partial charge in [-0.05, 0) is 32.9 Å². The highest BCUT2D eigenvalue weighted by Gasteiger charge is 2.27. The number of nitrogens with zero attached hydrogens (tertiary/aromatic N) is 3. The van der Waals surface area contributed by atoms with E-state index >= 15 is 0 Å². The highest BCUT2D eigenvalue weighted by atomic mass is 16.6. The van der Waals surface area contributed by atoms with Crippen LogP contribution in [0.4, 0.5) is 11.4 Å². The molecule has 0 aliphatic heterocycles. The monoisotopic (exact) mass is 424 g/mol. The number of carbonyl (C=O) groups excluding carboxylic acids is 1. The van der Waals surface area contributed by atoms with E-state index in [9.17, 15) is 20.2 Å². The first-order valence-corrected chi connectivity index (χ1v) is 9.47. The summed E-state index contributed by atoms with van der Waals surface area (Å²) >= 11 is 0. The lowest BCUT2D eigenvalue weighted by atomic mass is 10.1. The van der Waals surface area contributed by atoms with Crippen LogP contribution < -0.4 is 14.8 Å². The van der Waals surface area contributed by atoms with Crippen LogP contribution in [0.5, 0.6) is 11.5 Å². The molecule has 10 nitrogen and oxygen atoms in total. The SMILES string of the molecule is CCOc1cc(NC(=O)c2c(C)oc(-n3cccc3)c2C#N)c([N+](=O)[O-])cc1OCC. The predicted octanol–water partition coefficient (Wildman–Crippen LogP) is 4.21. The molecule has 0 atom stereocenters. The maximum absolute atomic E-state index is 13.0.